The Bertz CT molecular complexity index is 1440. The largest absolute Gasteiger partial charge is 0.494 e. The molecular weight excluding hydrogens is 487 g/mol. The second-order valence-corrected chi connectivity index (χ2v) is 7.93. The molecule has 1 atom stereocenters. The van der Waals surface area contributed by atoms with Crippen LogP contribution in [-0.4, -0.2) is 46.6 Å². The van der Waals surface area contributed by atoms with E-state index in [1.807, 2.05) is 0 Å². The molecule has 3 aromatic rings. The zero-order valence-corrected chi connectivity index (χ0v) is 20.1. The number of ether oxygens (including phenoxy) is 1. The number of nitrogens with zero attached hydrogens (tertiary/aromatic N) is 4. The Kier molecular flexibility index (Phi) is 7.41. The number of rotatable bonds is 7. The Morgan fingerprint density at radius 2 is 2.03 bits per heavy atom. The molecule has 2 N–H and O–H groups in total. The molecule has 0 spiro atoms. The van der Waals surface area contributed by atoms with Gasteiger partial charge in [0.05, 0.1) is 12.8 Å². The summed E-state index contributed by atoms with van der Waals surface area (Å²) in [6.45, 7) is 1.78. The molecule has 1 aromatic carbocycles. The molecule has 0 saturated heterocycles. The number of aryl methyl sites for hydroxylation is 1. The third-order valence-corrected chi connectivity index (χ3v) is 5.37. The van der Waals surface area contributed by atoms with Crippen molar-refractivity contribution >= 4 is 17.7 Å². The monoisotopic (exact) mass is 510 g/mol. The molecule has 0 fully saturated rings. The Morgan fingerprint density at radius 3 is 2.76 bits per heavy atom. The van der Waals surface area contributed by atoms with Crippen LogP contribution in [0.4, 0.5) is 9.18 Å². The minimum Gasteiger partial charge on any atom is -0.494 e. The van der Waals surface area contributed by atoms with Gasteiger partial charge in [0.1, 0.15) is 17.2 Å². The van der Waals surface area contributed by atoms with Crippen molar-refractivity contribution in [1.29, 1.82) is 0 Å². The van der Waals surface area contributed by atoms with E-state index in [9.17, 15) is 18.8 Å². The lowest BCUT2D eigenvalue weighted by Gasteiger charge is -2.10. The van der Waals surface area contributed by atoms with Crippen molar-refractivity contribution in [2.45, 2.75) is 26.0 Å². The molecule has 1 unspecified atom stereocenters. The van der Waals surface area contributed by atoms with Gasteiger partial charge < -0.3 is 25.0 Å². The summed E-state index contributed by atoms with van der Waals surface area (Å²) in [6.07, 6.45) is 0.238. The SMILES string of the molecule is CNC(=O)On1ccc(C2CC(c3cc(C(=O)NCc4ccc(F)c(OC)c4)nc(C)n3)=NO2)cc1=O. The molecule has 0 bridgehead atoms. The average molecular weight is 510 g/mol. The van der Waals surface area contributed by atoms with Crippen molar-refractivity contribution in [3.63, 3.8) is 0 Å². The maximum atomic E-state index is 13.6. The number of aromatic nitrogens is 3. The Labute approximate surface area is 210 Å². The van der Waals surface area contributed by atoms with Crippen LogP contribution >= 0.6 is 0 Å². The van der Waals surface area contributed by atoms with Gasteiger partial charge in [0.15, 0.2) is 17.7 Å². The Balaban J connectivity index is 1.44. The second kappa shape index (κ2) is 10.8. The first-order chi connectivity index (χ1) is 17.8. The van der Waals surface area contributed by atoms with E-state index in [1.54, 1.807) is 19.1 Å². The van der Waals surface area contributed by atoms with E-state index in [0.29, 0.717) is 28.4 Å². The number of amides is 2. The van der Waals surface area contributed by atoms with E-state index < -0.39 is 29.5 Å². The summed E-state index contributed by atoms with van der Waals surface area (Å²) < 4.78 is 19.4. The first-order valence-electron chi connectivity index (χ1n) is 11.1. The van der Waals surface area contributed by atoms with E-state index in [1.165, 1.54) is 44.6 Å². The number of halogens is 1. The Hall–Kier alpha value is -4.81. The van der Waals surface area contributed by atoms with Crippen LogP contribution in [0.25, 0.3) is 0 Å². The van der Waals surface area contributed by atoms with Crippen LogP contribution < -0.4 is 25.8 Å². The van der Waals surface area contributed by atoms with Crippen LogP contribution in [0.3, 0.4) is 0 Å². The predicted molar refractivity (Wildman–Crippen MR) is 128 cm³/mol. The number of hydrogen-bond acceptors (Lipinski definition) is 9. The Morgan fingerprint density at radius 1 is 1.22 bits per heavy atom. The lowest BCUT2D eigenvalue weighted by Crippen LogP contribution is -2.35. The standard InChI is InChI=1S/C24H23FN6O6/c1-13-28-17(10-19(29-13)23(33)27-12-14-4-5-16(25)21(8-14)35-3)18-11-20(36-30-18)15-6-7-31(22(32)9-15)37-24(34)26-2/h4-10,20H,11-12H2,1-3H3,(H,26,34)(H,27,33). The highest BCUT2D eigenvalue weighted by Gasteiger charge is 2.26. The molecule has 0 aliphatic carbocycles. The first-order valence-corrected chi connectivity index (χ1v) is 11.1. The third kappa shape index (κ3) is 5.89. The molecule has 4 rings (SSSR count). The van der Waals surface area contributed by atoms with Gasteiger partial charge in [0.2, 0.25) is 0 Å². The number of carbonyl (C=O) groups is 2. The van der Waals surface area contributed by atoms with Gasteiger partial charge in [-0.05, 0) is 36.8 Å². The molecule has 1 aliphatic heterocycles. The predicted octanol–water partition coefficient (Wildman–Crippen LogP) is 1.66. The maximum absolute atomic E-state index is 13.6. The van der Waals surface area contributed by atoms with Crippen LogP contribution in [-0.2, 0) is 11.4 Å². The van der Waals surface area contributed by atoms with Crippen LogP contribution in [0.5, 0.6) is 5.75 Å². The van der Waals surface area contributed by atoms with Gasteiger partial charge in [-0.15, -0.1) is 4.73 Å². The fourth-order valence-electron chi connectivity index (χ4n) is 3.52. The molecular formula is C24H23FN6O6. The summed E-state index contributed by atoms with van der Waals surface area (Å²) in [5.74, 6) is -0.515. The number of oxime groups is 1. The van der Waals surface area contributed by atoms with Gasteiger partial charge in [-0.3, -0.25) is 9.59 Å². The van der Waals surface area contributed by atoms with E-state index >= 15 is 0 Å². The van der Waals surface area contributed by atoms with Gasteiger partial charge in [0.25, 0.3) is 11.5 Å². The van der Waals surface area contributed by atoms with Crippen molar-refractivity contribution < 1.29 is 28.4 Å². The van der Waals surface area contributed by atoms with E-state index in [-0.39, 0.29) is 24.4 Å². The zero-order valence-electron chi connectivity index (χ0n) is 20.1. The molecule has 13 heteroatoms. The number of carbonyl (C=O) groups excluding carboxylic acids is 2. The van der Waals surface area contributed by atoms with E-state index in [2.05, 4.69) is 25.8 Å². The van der Waals surface area contributed by atoms with Crippen LogP contribution in [0.2, 0.25) is 0 Å². The topological polar surface area (TPSA) is 146 Å². The quantitative estimate of drug-likeness (QED) is 0.488. The van der Waals surface area contributed by atoms with Crippen LogP contribution in [0.15, 0.2) is 52.5 Å². The normalized spacial score (nSPS) is 14.4. The number of pyridine rings is 1. The first kappa shape index (κ1) is 25.3. The van der Waals surface area contributed by atoms with Gasteiger partial charge >= 0.3 is 6.09 Å². The second-order valence-electron chi connectivity index (χ2n) is 7.93. The number of benzene rings is 1. The minimum atomic E-state index is -0.783. The maximum Gasteiger partial charge on any atom is 0.431 e. The minimum absolute atomic E-state index is 0.0806. The smallest absolute Gasteiger partial charge is 0.431 e. The van der Waals surface area contributed by atoms with E-state index in [4.69, 9.17) is 14.4 Å². The van der Waals surface area contributed by atoms with Crippen molar-refractivity contribution in [3.05, 3.63) is 87.1 Å². The molecule has 2 amide bonds. The van der Waals surface area contributed by atoms with Gasteiger partial charge in [-0.1, -0.05) is 11.2 Å². The number of nitrogens with one attached hydrogen (secondary N) is 2. The zero-order chi connectivity index (χ0) is 26.5. The van der Waals surface area contributed by atoms with E-state index in [0.717, 1.165) is 4.73 Å². The highest BCUT2D eigenvalue weighted by Crippen LogP contribution is 2.28. The summed E-state index contributed by atoms with van der Waals surface area (Å²) in [6, 6.07) is 8.65. The van der Waals surface area contributed by atoms with Gasteiger partial charge in [-0.25, -0.2) is 19.2 Å². The van der Waals surface area contributed by atoms with Crippen molar-refractivity contribution in [1.82, 2.24) is 25.3 Å². The third-order valence-electron chi connectivity index (χ3n) is 5.37. The summed E-state index contributed by atoms with van der Waals surface area (Å²) in [5, 5.41) is 9.07. The van der Waals surface area contributed by atoms with Crippen molar-refractivity contribution in [2.24, 2.45) is 5.16 Å². The van der Waals surface area contributed by atoms with Crippen molar-refractivity contribution in [2.75, 3.05) is 14.2 Å². The fourth-order valence-corrected chi connectivity index (χ4v) is 3.52. The molecule has 3 heterocycles. The molecule has 192 valence electrons. The van der Waals surface area contributed by atoms with Crippen LogP contribution in [0.1, 0.15) is 45.7 Å². The lowest BCUT2D eigenvalue weighted by molar-refractivity contribution is 0.0847. The highest BCUT2D eigenvalue weighted by molar-refractivity contribution is 6.02. The van der Waals surface area contributed by atoms with Crippen LogP contribution in [0, 0.1) is 12.7 Å². The summed E-state index contributed by atoms with van der Waals surface area (Å²) in [4.78, 5) is 55.2. The summed E-state index contributed by atoms with van der Waals surface area (Å²) in [7, 11) is 2.74. The summed E-state index contributed by atoms with van der Waals surface area (Å²) in [5.41, 5.74) is 1.61. The van der Waals surface area contributed by atoms with Gasteiger partial charge in [-0.2, -0.15) is 0 Å². The molecule has 37 heavy (non-hydrogen) atoms. The highest BCUT2D eigenvalue weighted by atomic mass is 19.1. The molecule has 2 aromatic heterocycles. The molecule has 1 aliphatic rings. The number of hydrogen-bond donors (Lipinski definition) is 2. The molecule has 0 radical (unpaired) electrons. The number of methoxy groups -OCH3 is 1. The van der Waals surface area contributed by atoms with Gasteiger partial charge in [0, 0.05) is 37.8 Å². The molecule has 12 nitrogen and oxygen atoms in total. The fraction of sp³-hybridized carbons (Fsp3) is 0.250. The average Bonchev–Trinajstić information content (AvgIpc) is 3.39. The summed E-state index contributed by atoms with van der Waals surface area (Å²) >= 11 is 0. The molecule has 0 saturated carbocycles. The van der Waals surface area contributed by atoms with Crippen molar-refractivity contribution in [3.8, 4) is 5.75 Å². The lowest BCUT2D eigenvalue weighted by atomic mass is 10.0.